The third-order valence-electron chi connectivity index (χ3n) is 2.74. The second-order valence-corrected chi connectivity index (χ2v) is 4.08. The van der Waals surface area contributed by atoms with Crippen LogP contribution in [0, 0.1) is 0 Å². The largest absolute Gasteiger partial charge is 0.462 e. The number of rotatable bonds is 6. The molecule has 1 aromatic heterocycles. The number of hydrogen-bond acceptors (Lipinski definition) is 3. The number of hydrogen-bond donors (Lipinski definition) is 1. The van der Waals surface area contributed by atoms with Gasteiger partial charge in [0.1, 0.15) is 18.1 Å². The maximum atomic E-state index is 8.87. The Labute approximate surface area is 91.7 Å². The highest BCUT2D eigenvalue weighted by Crippen LogP contribution is 2.13. The van der Waals surface area contributed by atoms with Gasteiger partial charge < -0.3 is 9.52 Å². The van der Waals surface area contributed by atoms with Crippen molar-refractivity contribution in [3.8, 4) is 0 Å². The van der Waals surface area contributed by atoms with Crippen LogP contribution >= 0.6 is 0 Å². The number of furan rings is 1. The van der Waals surface area contributed by atoms with Gasteiger partial charge in [-0.25, -0.2) is 0 Å². The van der Waals surface area contributed by atoms with Crippen LogP contribution in [0.15, 0.2) is 16.5 Å². The summed E-state index contributed by atoms with van der Waals surface area (Å²) in [6.07, 6.45) is 2.40. The van der Waals surface area contributed by atoms with E-state index in [4.69, 9.17) is 9.52 Å². The molecule has 0 saturated heterocycles. The fraction of sp³-hybridized carbons (Fsp3) is 0.667. The van der Waals surface area contributed by atoms with Gasteiger partial charge in [0.05, 0.1) is 6.54 Å². The van der Waals surface area contributed by atoms with E-state index >= 15 is 0 Å². The number of nitrogens with zero attached hydrogens (tertiary/aromatic N) is 1. The Morgan fingerprint density at radius 2 is 2.07 bits per heavy atom. The highest BCUT2D eigenvalue weighted by molar-refractivity contribution is 5.06. The highest BCUT2D eigenvalue weighted by Gasteiger charge is 2.10. The zero-order valence-electron chi connectivity index (χ0n) is 9.86. The van der Waals surface area contributed by atoms with Crippen LogP contribution in [0.25, 0.3) is 0 Å². The maximum absolute atomic E-state index is 8.87. The van der Waals surface area contributed by atoms with Crippen molar-refractivity contribution in [1.29, 1.82) is 0 Å². The molecule has 3 nitrogen and oxygen atoms in total. The smallest absolute Gasteiger partial charge is 0.129 e. The van der Waals surface area contributed by atoms with Crippen LogP contribution in [0.1, 0.15) is 38.2 Å². The lowest BCUT2D eigenvalue weighted by atomic mass is 10.2. The molecule has 0 radical (unpaired) electrons. The van der Waals surface area contributed by atoms with Gasteiger partial charge in [-0.15, -0.1) is 0 Å². The van der Waals surface area contributed by atoms with Crippen molar-refractivity contribution >= 4 is 0 Å². The van der Waals surface area contributed by atoms with Gasteiger partial charge in [0.15, 0.2) is 0 Å². The quantitative estimate of drug-likeness (QED) is 0.785. The Kier molecular flexibility index (Phi) is 4.85. The van der Waals surface area contributed by atoms with Gasteiger partial charge in [-0.1, -0.05) is 13.3 Å². The Hall–Kier alpha value is -0.800. The maximum Gasteiger partial charge on any atom is 0.129 e. The van der Waals surface area contributed by atoms with Gasteiger partial charge in [-0.05, 0) is 32.5 Å². The average Bonchev–Trinajstić information content (AvgIpc) is 2.66. The van der Waals surface area contributed by atoms with Crippen LogP contribution in [0.4, 0.5) is 0 Å². The van der Waals surface area contributed by atoms with Crippen LogP contribution in [-0.2, 0) is 13.2 Å². The topological polar surface area (TPSA) is 36.6 Å². The van der Waals surface area contributed by atoms with Gasteiger partial charge in [0, 0.05) is 6.04 Å². The lowest BCUT2D eigenvalue weighted by molar-refractivity contribution is 0.205. The molecule has 1 unspecified atom stereocenters. The van der Waals surface area contributed by atoms with Crippen molar-refractivity contribution in [2.75, 3.05) is 7.05 Å². The van der Waals surface area contributed by atoms with Gasteiger partial charge in [-0.3, -0.25) is 4.90 Å². The third-order valence-corrected chi connectivity index (χ3v) is 2.74. The summed E-state index contributed by atoms with van der Waals surface area (Å²) in [4.78, 5) is 2.27. The van der Waals surface area contributed by atoms with Crippen molar-refractivity contribution < 1.29 is 9.52 Å². The van der Waals surface area contributed by atoms with Gasteiger partial charge >= 0.3 is 0 Å². The van der Waals surface area contributed by atoms with Gasteiger partial charge in [-0.2, -0.15) is 0 Å². The Balaban J connectivity index is 2.46. The summed E-state index contributed by atoms with van der Waals surface area (Å²) >= 11 is 0. The Bertz CT molecular complexity index is 283. The van der Waals surface area contributed by atoms with E-state index in [1.807, 2.05) is 12.1 Å². The van der Waals surface area contributed by atoms with E-state index in [2.05, 4.69) is 25.8 Å². The molecule has 0 spiro atoms. The molecule has 0 amide bonds. The molecular weight excluding hydrogens is 190 g/mol. The Morgan fingerprint density at radius 1 is 1.40 bits per heavy atom. The third kappa shape index (κ3) is 3.68. The van der Waals surface area contributed by atoms with Crippen LogP contribution in [0.3, 0.4) is 0 Å². The minimum atomic E-state index is -0.0196. The summed E-state index contributed by atoms with van der Waals surface area (Å²) in [5, 5.41) is 8.87. The molecule has 0 fully saturated rings. The molecule has 0 aliphatic heterocycles. The van der Waals surface area contributed by atoms with E-state index in [1.165, 1.54) is 12.8 Å². The van der Waals surface area contributed by atoms with E-state index in [0.29, 0.717) is 11.8 Å². The summed E-state index contributed by atoms with van der Waals surface area (Å²) < 4.78 is 5.44. The minimum Gasteiger partial charge on any atom is -0.462 e. The second kappa shape index (κ2) is 5.93. The Morgan fingerprint density at radius 3 is 2.60 bits per heavy atom. The molecular formula is C12H21NO2. The normalized spacial score (nSPS) is 13.4. The van der Waals surface area contributed by atoms with E-state index in [-0.39, 0.29) is 6.61 Å². The second-order valence-electron chi connectivity index (χ2n) is 4.08. The summed E-state index contributed by atoms with van der Waals surface area (Å²) in [6.45, 7) is 5.20. The first-order chi connectivity index (χ1) is 7.17. The first kappa shape index (κ1) is 12.3. The molecule has 0 aromatic carbocycles. The van der Waals surface area contributed by atoms with Crippen LogP contribution < -0.4 is 0 Å². The molecule has 0 bridgehead atoms. The lowest BCUT2D eigenvalue weighted by Crippen LogP contribution is -2.28. The van der Waals surface area contributed by atoms with Crippen LogP contribution in [-0.4, -0.2) is 23.1 Å². The summed E-state index contributed by atoms with van der Waals surface area (Å²) in [5.41, 5.74) is 0. The number of aliphatic hydroxyl groups is 1. The molecule has 15 heavy (non-hydrogen) atoms. The van der Waals surface area contributed by atoms with Gasteiger partial charge in [0.25, 0.3) is 0 Å². The molecule has 1 heterocycles. The van der Waals surface area contributed by atoms with Crippen molar-refractivity contribution in [3.05, 3.63) is 23.7 Å². The predicted octanol–water partition coefficient (Wildman–Crippen LogP) is 2.39. The van der Waals surface area contributed by atoms with E-state index in [1.54, 1.807) is 0 Å². The van der Waals surface area contributed by atoms with E-state index < -0.39 is 0 Å². The van der Waals surface area contributed by atoms with Crippen LogP contribution in [0.5, 0.6) is 0 Å². The predicted molar refractivity (Wildman–Crippen MR) is 60.5 cm³/mol. The van der Waals surface area contributed by atoms with Crippen molar-refractivity contribution in [1.82, 2.24) is 4.90 Å². The molecule has 1 atom stereocenters. The summed E-state index contributed by atoms with van der Waals surface area (Å²) in [5.74, 6) is 1.56. The lowest BCUT2D eigenvalue weighted by Gasteiger charge is -2.23. The SMILES string of the molecule is CCCC(C)N(C)Cc1ccc(CO)o1. The molecule has 3 heteroatoms. The molecule has 0 aliphatic carbocycles. The standard InChI is InChI=1S/C12H21NO2/c1-4-5-10(2)13(3)8-11-6-7-12(9-14)15-11/h6-7,10,14H,4-5,8-9H2,1-3H3. The van der Waals surface area contributed by atoms with Crippen molar-refractivity contribution in [2.45, 2.75) is 45.9 Å². The highest BCUT2D eigenvalue weighted by atomic mass is 16.4. The fourth-order valence-corrected chi connectivity index (χ4v) is 1.63. The molecule has 0 aliphatic rings. The average molecular weight is 211 g/mol. The summed E-state index contributed by atoms with van der Waals surface area (Å²) in [6, 6.07) is 4.33. The van der Waals surface area contributed by atoms with E-state index in [9.17, 15) is 0 Å². The minimum absolute atomic E-state index is 0.0196. The van der Waals surface area contributed by atoms with Crippen LogP contribution in [0.2, 0.25) is 0 Å². The first-order valence-corrected chi connectivity index (χ1v) is 5.56. The molecule has 86 valence electrons. The number of aliphatic hydroxyl groups excluding tert-OH is 1. The van der Waals surface area contributed by atoms with E-state index in [0.717, 1.165) is 12.3 Å². The molecule has 1 N–H and O–H groups in total. The monoisotopic (exact) mass is 211 g/mol. The first-order valence-electron chi connectivity index (χ1n) is 5.56. The molecule has 1 rings (SSSR count). The van der Waals surface area contributed by atoms with Crippen molar-refractivity contribution in [2.24, 2.45) is 0 Å². The zero-order chi connectivity index (χ0) is 11.3. The van der Waals surface area contributed by atoms with Crippen molar-refractivity contribution in [3.63, 3.8) is 0 Å². The summed E-state index contributed by atoms with van der Waals surface area (Å²) in [7, 11) is 2.10. The molecule has 1 aromatic rings. The molecule has 0 saturated carbocycles. The fourth-order valence-electron chi connectivity index (χ4n) is 1.63. The van der Waals surface area contributed by atoms with Gasteiger partial charge in [0.2, 0.25) is 0 Å². The zero-order valence-corrected chi connectivity index (χ0v) is 9.86.